The molecule has 6 heteroatoms. The first-order valence-corrected chi connectivity index (χ1v) is 6.74. The van der Waals surface area contributed by atoms with Gasteiger partial charge in [-0.2, -0.15) is 13.2 Å². The van der Waals surface area contributed by atoms with Gasteiger partial charge in [0.05, 0.1) is 5.52 Å². The molecule has 0 unspecified atom stereocenters. The third-order valence-corrected chi connectivity index (χ3v) is 3.02. The van der Waals surface area contributed by atoms with E-state index in [-0.39, 0.29) is 5.75 Å². The van der Waals surface area contributed by atoms with E-state index in [0.29, 0.717) is 0 Å². The predicted octanol–water partition coefficient (Wildman–Crippen LogP) is 4.17. The van der Waals surface area contributed by atoms with Gasteiger partial charge in [0.2, 0.25) is 0 Å². The number of nitrogens with one attached hydrogen (secondary N) is 1. The van der Waals surface area contributed by atoms with Crippen LogP contribution in [0.4, 0.5) is 19.0 Å². The van der Waals surface area contributed by atoms with Gasteiger partial charge in [-0.05, 0) is 36.2 Å². The normalized spacial score (nSPS) is 11.7. The molecule has 0 aliphatic carbocycles. The molecule has 0 saturated heterocycles. The van der Waals surface area contributed by atoms with Crippen LogP contribution in [-0.2, 0) is 6.42 Å². The molecule has 0 aliphatic heterocycles. The number of aryl methyl sites for hydroxylation is 1. The molecule has 0 spiro atoms. The number of rotatable bonds is 5. The first-order valence-electron chi connectivity index (χ1n) is 6.74. The third kappa shape index (κ3) is 4.00. The molecule has 2 rings (SSSR count). The SMILES string of the molecule is CCCc1cc2cc(OCC(F)(F)F)ccc2nc1NC. The molecule has 2 aromatic rings. The minimum absolute atomic E-state index is 0.196. The lowest BCUT2D eigenvalue weighted by Gasteiger charge is -2.12. The number of benzene rings is 1. The van der Waals surface area contributed by atoms with Gasteiger partial charge in [-0.15, -0.1) is 0 Å². The van der Waals surface area contributed by atoms with Crippen molar-refractivity contribution in [3.8, 4) is 5.75 Å². The largest absolute Gasteiger partial charge is 0.484 e. The fourth-order valence-corrected chi connectivity index (χ4v) is 2.13. The van der Waals surface area contributed by atoms with Crippen molar-refractivity contribution >= 4 is 16.7 Å². The number of alkyl halides is 3. The quantitative estimate of drug-likeness (QED) is 0.899. The Morgan fingerprint density at radius 3 is 2.62 bits per heavy atom. The molecule has 114 valence electrons. The molecule has 21 heavy (non-hydrogen) atoms. The lowest BCUT2D eigenvalue weighted by atomic mass is 10.1. The van der Waals surface area contributed by atoms with Gasteiger partial charge in [0.15, 0.2) is 6.61 Å². The standard InChI is InChI=1S/C15H17F3N2O/c1-3-4-10-7-11-8-12(21-9-15(16,17)18)5-6-13(11)20-14(10)19-2/h5-8H,3-4,9H2,1-2H3,(H,19,20). The Hall–Kier alpha value is -1.98. The molecule has 0 saturated carbocycles. The fraction of sp³-hybridized carbons (Fsp3) is 0.400. The highest BCUT2D eigenvalue weighted by molar-refractivity contribution is 5.83. The first kappa shape index (κ1) is 15.4. The van der Waals surface area contributed by atoms with Crippen LogP contribution in [0, 0.1) is 0 Å². The summed E-state index contributed by atoms with van der Waals surface area (Å²) >= 11 is 0. The van der Waals surface area contributed by atoms with Gasteiger partial charge < -0.3 is 10.1 Å². The Morgan fingerprint density at radius 2 is 2.00 bits per heavy atom. The van der Waals surface area contributed by atoms with Gasteiger partial charge in [-0.3, -0.25) is 0 Å². The molecule has 0 bridgehead atoms. The van der Waals surface area contributed by atoms with Crippen molar-refractivity contribution in [3.05, 3.63) is 29.8 Å². The van der Waals surface area contributed by atoms with E-state index in [1.165, 1.54) is 6.07 Å². The molecule has 1 aromatic heterocycles. The minimum Gasteiger partial charge on any atom is -0.484 e. The highest BCUT2D eigenvalue weighted by atomic mass is 19.4. The molecule has 0 amide bonds. The van der Waals surface area contributed by atoms with E-state index in [9.17, 15) is 13.2 Å². The second-order valence-electron chi connectivity index (χ2n) is 4.75. The van der Waals surface area contributed by atoms with Crippen molar-refractivity contribution in [2.24, 2.45) is 0 Å². The summed E-state index contributed by atoms with van der Waals surface area (Å²) in [4.78, 5) is 4.47. The zero-order valence-electron chi connectivity index (χ0n) is 11.9. The van der Waals surface area contributed by atoms with Crippen molar-refractivity contribution in [1.29, 1.82) is 0 Å². The van der Waals surface area contributed by atoms with Crippen molar-refractivity contribution < 1.29 is 17.9 Å². The van der Waals surface area contributed by atoms with Crippen LogP contribution in [0.2, 0.25) is 0 Å². The summed E-state index contributed by atoms with van der Waals surface area (Å²) in [6.45, 7) is 0.773. The number of aromatic nitrogens is 1. The third-order valence-electron chi connectivity index (χ3n) is 3.02. The van der Waals surface area contributed by atoms with Crippen LogP contribution in [-0.4, -0.2) is 24.8 Å². The number of anilines is 1. The average molecular weight is 298 g/mol. The van der Waals surface area contributed by atoms with E-state index in [0.717, 1.165) is 35.1 Å². The van der Waals surface area contributed by atoms with Crippen LogP contribution in [0.15, 0.2) is 24.3 Å². The lowest BCUT2D eigenvalue weighted by Crippen LogP contribution is -2.19. The van der Waals surface area contributed by atoms with E-state index >= 15 is 0 Å². The number of pyridine rings is 1. The van der Waals surface area contributed by atoms with Crippen LogP contribution in [0.3, 0.4) is 0 Å². The smallest absolute Gasteiger partial charge is 0.422 e. The van der Waals surface area contributed by atoms with Crippen molar-refractivity contribution in [1.82, 2.24) is 4.98 Å². The summed E-state index contributed by atoms with van der Waals surface area (Å²) in [5.41, 5.74) is 1.76. The predicted molar refractivity (Wildman–Crippen MR) is 76.8 cm³/mol. The zero-order chi connectivity index (χ0) is 15.5. The molecule has 1 aromatic carbocycles. The van der Waals surface area contributed by atoms with Gasteiger partial charge in [-0.25, -0.2) is 4.98 Å². The first-order chi connectivity index (χ1) is 9.93. The number of ether oxygens (including phenoxy) is 1. The monoisotopic (exact) mass is 298 g/mol. The molecule has 0 aliphatic rings. The van der Waals surface area contributed by atoms with Gasteiger partial charge in [0.1, 0.15) is 11.6 Å². The van der Waals surface area contributed by atoms with Gasteiger partial charge in [-0.1, -0.05) is 13.3 Å². The van der Waals surface area contributed by atoms with Crippen molar-refractivity contribution in [3.63, 3.8) is 0 Å². The van der Waals surface area contributed by atoms with E-state index in [4.69, 9.17) is 4.74 Å². The Morgan fingerprint density at radius 1 is 1.24 bits per heavy atom. The summed E-state index contributed by atoms with van der Waals surface area (Å²) in [6.07, 6.45) is -2.52. The number of nitrogens with zero attached hydrogens (tertiary/aromatic N) is 1. The maximum Gasteiger partial charge on any atom is 0.422 e. The van der Waals surface area contributed by atoms with Crippen LogP contribution >= 0.6 is 0 Å². The van der Waals surface area contributed by atoms with Crippen molar-refractivity contribution in [2.75, 3.05) is 19.0 Å². The second-order valence-corrected chi connectivity index (χ2v) is 4.75. The maximum absolute atomic E-state index is 12.2. The molecule has 0 radical (unpaired) electrons. The topological polar surface area (TPSA) is 34.1 Å². The highest BCUT2D eigenvalue weighted by Gasteiger charge is 2.28. The number of fused-ring (bicyclic) bond motifs is 1. The van der Waals surface area contributed by atoms with Crippen molar-refractivity contribution in [2.45, 2.75) is 25.9 Å². The molecule has 1 N–H and O–H groups in total. The lowest BCUT2D eigenvalue weighted by molar-refractivity contribution is -0.153. The Labute approximate surface area is 121 Å². The van der Waals surface area contributed by atoms with Crippen LogP contribution < -0.4 is 10.1 Å². The van der Waals surface area contributed by atoms with Crippen LogP contribution in [0.25, 0.3) is 10.9 Å². The Kier molecular flexibility index (Phi) is 4.55. The van der Waals surface area contributed by atoms with Gasteiger partial charge in [0, 0.05) is 12.4 Å². The van der Waals surface area contributed by atoms with Crippen LogP contribution in [0.1, 0.15) is 18.9 Å². The average Bonchev–Trinajstić information content (AvgIpc) is 2.43. The molecular formula is C15H17F3N2O. The fourth-order valence-electron chi connectivity index (χ4n) is 2.13. The van der Waals surface area contributed by atoms with Gasteiger partial charge in [0.25, 0.3) is 0 Å². The highest BCUT2D eigenvalue weighted by Crippen LogP contribution is 2.26. The van der Waals surface area contributed by atoms with E-state index in [1.54, 1.807) is 19.2 Å². The molecule has 3 nitrogen and oxygen atoms in total. The van der Waals surface area contributed by atoms with Crippen LogP contribution in [0.5, 0.6) is 5.75 Å². The summed E-state index contributed by atoms with van der Waals surface area (Å²) in [6, 6.07) is 6.70. The maximum atomic E-state index is 12.2. The zero-order valence-corrected chi connectivity index (χ0v) is 11.9. The number of hydrogen-bond acceptors (Lipinski definition) is 3. The minimum atomic E-state index is -4.34. The summed E-state index contributed by atoms with van der Waals surface area (Å²) in [5, 5.41) is 3.82. The molecule has 1 heterocycles. The summed E-state index contributed by atoms with van der Waals surface area (Å²) in [7, 11) is 1.80. The van der Waals surface area contributed by atoms with Gasteiger partial charge >= 0.3 is 6.18 Å². The van der Waals surface area contributed by atoms with E-state index in [1.807, 2.05) is 6.07 Å². The molecule has 0 atom stereocenters. The molecular weight excluding hydrogens is 281 g/mol. The number of hydrogen-bond donors (Lipinski definition) is 1. The van der Waals surface area contributed by atoms with E-state index in [2.05, 4.69) is 17.2 Å². The summed E-state index contributed by atoms with van der Waals surface area (Å²) < 4.78 is 41.3. The second kappa shape index (κ2) is 6.20. The Balaban J connectivity index is 2.33. The van der Waals surface area contributed by atoms with E-state index < -0.39 is 12.8 Å². The number of halogens is 3. The summed E-state index contributed by atoms with van der Waals surface area (Å²) in [5.74, 6) is 0.995. The Bertz CT molecular complexity index is 626. The molecule has 0 fully saturated rings.